The van der Waals surface area contributed by atoms with Crippen LogP contribution >= 0.6 is 34.8 Å². The van der Waals surface area contributed by atoms with E-state index in [1.165, 1.54) is 0 Å². The molecule has 0 heterocycles. The first kappa shape index (κ1) is 11.5. The van der Waals surface area contributed by atoms with Crippen molar-refractivity contribution >= 4 is 46.3 Å². The minimum absolute atomic E-state index is 0.0581. The number of nitrogens with two attached hydrogens (primary N) is 1. The molecule has 0 rings (SSSR count). The predicted octanol–water partition coefficient (Wildman–Crippen LogP) is 1.94. The number of aldehydes is 1. The average Bonchev–Trinajstić information content (AvgIpc) is 1.85. The molecule has 3 nitrogen and oxygen atoms in total. The normalized spacial score (nSPS) is 13.8. The molecule has 0 radical (unpaired) electrons. The van der Waals surface area contributed by atoms with E-state index in [0.29, 0.717) is 6.29 Å². The largest absolute Gasteiger partial charge is 0.389 e. The van der Waals surface area contributed by atoms with Crippen LogP contribution in [0.3, 0.4) is 0 Å². The van der Waals surface area contributed by atoms with Crippen molar-refractivity contribution in [3.05, 3.63) is 22.5 Å². The predicted molar refractivity (Wildman–Crippen MR) is 51.4 cm³/mol. The van der Waals surface area contributed by atoms with Gasteiger partial charge in [-0.25, -0.2) is 4.99 Å². The van der Waals surface area contributed by atoms with Crippen molar-refractivity contribution in [2.45, 2.75) is 0 Å². The van der Waals surface area contributed by atoms with Gasteiger partial charge in [-0.3, -0.25) is 4.79 Å². The standard InChI is InChI=1S/C6H5Cl3N2O/c1-3(7)11-6(9)4(2-12)5(8)10/h2H,1,10H2/b5-4-,11-6+. The third kappa shape index (κ3) is 3.76. The molecule has 0 aliphatic rings. The van der Waals surface area contributed by atoms with Gasteiger partial charge in [0.15, 0.2) is 6.29 Å². The highest BCUT2D eigenvalue weighted by Gasteiger charge is 2.06. The summed E-state index contributed by atoms with van der Waals surface area (Å²) in [4.78, 5) is 13.8. The van der Waals surface area contributed by atoms with E-state index in [-0.39, 0.29) is 21.1 Å². The topological polar surface area (TPSA) is 55.5 Å². The van der Waals surface area contributed by atoms with Gasteiger partial charge in [0.1, 0.15) is 15.5 Å². The Morgan fingerprint density at radius 1 is 1.42 bits per heavy atom. The number of aliphatic imine (C=N–C) groups is 1. The van der Waals surface area contributed by atoms with Crippen molar-refractivity contribution in [1.82, 2.24) is 0 Å². The Balaban J connectivity index is 4.90. The molecule has 12 heavy (non-hydrogen) atoms. The smallest absolute Gasteiger partial charge is 0.156 e. The van der Waals surface area contributed by atoms with Gasteiger partial charge < -0.3 is 5.73 Å². The molecule has 66 valence electrons. The quantitative estimate of drug-likeness (QED) is 0.347. The lowest BCUT2D eigenvalue weighted by Gasteiger charge is -1.96. The molecule has 0 aromatic heterocycles. The van der Waals surface area contributed by atoms with Crippen LogP contribution in [0.15, 0.2) is 27.5 Å². The first-order valence-electron chi connectivity index (χ1n) is 2.68. The summed E-state index contributed by atoms with van der Waals surface area (Å²) in [6.45, 7) is 3.24. The molecule has 0 fully saturated rings. The molecule has 0 bridgehead atoms. The van der Waals surface area contributed by atoms with Gasteiger partial charge in [0.2, 0.25) is 0 Å². The van der Waals surface area contributed by atoms with Crippen molar-refractivity contribution in [1.29, 1.82) is 0 Å². The molecule has 0 aliphatic heterocycles. The van der Waals surface area contributed by atoms with Gasteiger partial charge in [0, 0.05) is 0 Å². The molecule has 0 saturated carbocycles. The first-order chi connectivity index (χ1) is 5.49. The Bertz CT molecular complexity index is 266. The van der Waals surface area contributed by atoms with Gasteiger partial charge in [-0.1, -0.05) is 41.4 Å². The number of carbonyl (C=O) groups is 1. The molecule has 0 spiro atoms. The minimum atomic E-state index is -0.239. The zero-order valence-electron chi connectivity index (χ0n) is 5.85. The summed E-state index contributed by atoms with van der Waals surface area (Å²) in [6, 6.07) is 0. The van der Waals surface area contributed by atoms with Crippen molar-refractivity contribution < 1.29 is 4.79 Å². The van der Waals surface area contributed by atoms with Gasteiger partial charge in [-0.15, -0.1) is 0 Å². The van der Waals surface area contributed by atoms with Crippen molar-refractivity contribution in [3.63, 3.8) is 0 Å². The molecule has 0 aromatic carbocycles. The van der Waals surface area contributed by atoms with Gasteiger partial charge in [0.25, 0.3) is 0 Å². The van der Waals surface area contributed by atoms with E-state index >= 15 is 0 Å². The summed E-state index contributed by atoms with van der Waals surface area (Å²) in [7, 11) is 0. The number of rotatable bonds is 3. The minimum Gasteiger partial charge on any atom is -0.389 e. The fraction of sp³-hybridized carbons (Fsp3) is 0. The lowest BCUT2D eigenvalue weighted by Crippen LogP contribution is -2.04. The lowest BCUT2D eigenvalue weighted by atomic mass is 10.3. The average molecular weight is 227 g/mol. The summed E-state index contributed by atoms with van der Waals surface area (Å²) >= 11 is 16.1. The van der Waals surface area contributed by atoms with E-state index in [0.717, 1.165) is 0 Å². The highest BCUT2D eigenvalue weighted by atomic mass is 35.5. The summed E-state index contributed by atoms with van der Waals surface area (Å²) in [5.74, 6) is 0. The third-order valence-electron chi connectivity index (χ3n) is 0.817. The van der Waals surface area contributed by atoms with E-state index in [1.807, 2.05) is 0 Å². The van der Waals surface area contributed by atoms with Gasteiger partial charge in [-0.2, -0.15) is 0 Å². The van der Waals surface area contributed by atoms with E-state index in [2.05, 4.69) is 11.6 Å². The molecule has 0 aliphatic carbocycles. The van der Waals surface area contributed by atoms with Crippen molar-refractivity contribution in [2.75, 3.05) is 0 Å². The summed E-state index contributed by atoms with van der Waals surface area (Å²) < 4.78 is 0. The van der Waals surface area contributed by atoms with E-state index < -0.39 is 0 Å². The molecule has 0 aromatic rings. The van der Waals surface area contributed by atoms with E-state index in [9.17, 15) is 4.79 Å². The Hall–Kier alpha value is -0.510. The van der Waals surface area contributed by atoms with Crippen LogP contribution in [0.25, 0.3) is 0 Å². The maximum absolute atomic E-state index is 10.3. The van der Waals surface area contributed by atoms with Crippen LogP contribution in [0.1, 0.15) is 0 Å². The highest BCUT2D eigenvalue weighted by molar-refractivity contribution is 6.72. The van der Waals surface area contributed by atoms with Crippen molar-refractivity contribution in [2.24, 2.45) is 10.7 Å². The van der Waals surface area contributed by atoms with Crippen LogP contribution in [0.2, 0.25) is 0 Å². The zero-order chi connectivity index (χ0) is 9.72. The summed E-state index contributed by atoms with van der Waals surface area (Å²) in [6.07, 6.45) is 0.383. The summed E-state index contributed by atoms with van der Waals surface area (Å²) in [5.41, 5.74) is 4.99. The number of carbonyl (C=O) groups excluding carboxylic acids is 1. The van der Waals surface area contributed by atoms with E-state index in [1.54, 1.807) is 0 Å². The molecule has 2 N–H and O–H groups in total. The molecule has 0 atom stereocenters. The molecule has 6 heteroatoms. The van der Waals surface area contributed by atoms with Crippen LogP contribution in [0.5, 0.6) is 0 Å². The Morgan fingerprint density at radius 2 is 1.92 bits per heavy atom. The maximum Gasteiger partial charge on any atom is 0.156 e. The number of halogens is 3. The Morgan fingerprint density at radius 3 is 2.17 bits per heavy atom. The Kier molecular flexibility index (Phi) is 4.97. The molecular formula is C6H5Cl3N2O. The molecule has 0 amide bonds. The summed E-state index contributed by atoms with van der Waals surface area (Å²) in [5, 5.41) is -0.480. The Labute approximate surface area is 84.5 Å². The second-order valence-electron chi connectivity index (χ2n) is 1.66. The van der Waals surface area contributed by atoms with Crippen LogP contribution in [0, 0.1) is 0 Å². The number of hydrogen-bond acceptors (Lipinski definition) is 3. The number of nitrogens with zero attached hydrogens (tertiary/aromatic N) is 1. The SMILES string of the molecule is C=C(Cl)/N=C(Cl)\C(C=O)=C(/N)Cl. The second-order valence-corrected chi connectivity index (χ2v) is 2.86. The van der Waals surface area contributed by atoms with Crippen LogP contribution < -0.4 is 5.73 Å². The molecular weight excluding hydrogens is 222 g/mol. The van der Waals surface area contributed by atoms with Crippen molar-refractivity contribution in [3.8, 4) is 0 Å². The van der Waals surface area contributed by atoms with Gasteiger partial charge in [0.05, 0.1) is 5.57 Å². The number of allylic oxidation sites excluding steroid dienone is 1. The fourth-order valence-corrected chi connectivity index (χ4v) is 0.929. The first-order valence-corrected chi connectivity index (χ1v) is 3.81. The fourth-order valence-electron chi connectivity index (χ4n) is 0.370. The van der Waals surface area contributed by atoms with Crippen LogP contribution in [-0.4, -0.2) is 11.5 Å². The molecule has 0 saturated heterocycles. The third-order valence-corrected chi connectivity index (χ3v) is 1.39. The van der Waals surface area contributed by atoms with E-state index in [4.69, 9.17) is 40.5 Å². The van der Waals surface area contributed by atoms with Crippen LogP contribution in [-0.2, 0) is 4.79 Å². The highest BCUT2D eigenvalue weighted by Crippen LogP contribution is 2.10. The molecule has 0 unspecified atom stereocenters. The van der Waals surface area contributed by atoms with Gasteiger partial charge in [-0.05, 0) is 0 Å². The maximum atomic E-state index is 10.3. The number of hydrogen-bond donors (Lipinski definition) is 1. The lowest BCUT2D eigenvalue weighted by molar-refractivity contribution is -0.104. The second kappa shape index (κ2) is 5.19. The van der Waals surface area contributed by atoms with Crippen LogP contribution in [0.4, 0.5) is 0 Å². The van der Waals surface area contributed by atoms with Gasteiger partial charge >= 0.3 is 0 Å². The monoisotopic (exact) mass is 226 g/mol. The zero-order valence-corrected chi connectivity index (χ0v) is 8.12.